The van der Waals surface area contributed by atoms with E-state index < -0.39 is 0 Å². The summed E-state index contributed by atoms with van der Waals surface area (Å²) in [4.78, 5) is 0. The summed E-state index contributed by atoms with van der Waals surface area (Å²) in [7, 11) is 0. The second-order valence-corrected chi connectivity index (χ2v) is 7.85. The fourth-order valence-electron chi connectivity index (χ4n) is 3.15. The van der Waals surface area contributed by atoms with Gasteiger partial charge in [-0.1, -0.05) is 75.6 Å². The van der Waals surface area contributed by atoms with Crippen LogP contribution in [0.4, 0.5) is 0 Å². The summed E-state index contributed by atoms with van der Waals surface area (Å²) in [5, 5.41) is 3.51. The van der Waals surface area contributed by atoms with Crippen molar-refractivity contribution in [2.45, 2.75) is 106 Å². The summed E-state index contributed by atoms with van der Waals surface area (Å²) in [6, 6.07) is 8.79. The molecular weight excluding hydrogens is 364 g/mol. The van der Waals surface area contributed by atoms with Gasteiger partial charge in [0.2, 0.25) is 0 Å². The van der Waals surface area contributed by atoms with E-state index in [1.54, 1.807) is 0 Å². The molecule has 1 unspecified atom stereocenters. The Balaban J connectivity index is 0. The Labute approximate surface area is 189 Å². The molecule has 1 aromatic carbocycles. The minimum absolute atomic E-state index is 0.644. The van der Waals surface area contributed by atoms with Gasteiger partial charge in [-0.25, -0.2) is 0 Å². The van der Waals surface area contributed by atoms with E-state index in [-0.39, 0.29) is 0 Å². The number of allylic oxidation sites excluding steroid dienone is 3. The summed E-state index contributed by atoms with van der Waals surface area (Å²) < 4.78 is 0. The van der Waals surface area contributed by atoms with E-state index >= 15 is 0 Å². The third-order valence-corrected chi connectivity index (χ3v) is 5.09. The zero-order valence-corrected chi connectivity index (χ0v) is 21.3. The number of aryl methyl sites for hydroxylation is 1. The predicted octanol–water partition coefficient (Wildman–Crippen LogP) is 8.28. The Hall–Kier alpha value is -1.54. The number of nitrogens with two attached hydrogens (primary N) is 1. The molecular formula is C28H52N2. The summed E-state index contributed by atoms with van der Waals surface area (Å²) in [6.07, 6.45) is 11.9. The highest BCUT2D eigenvalue weighted by atomic mass is 14.9. The maximum Gasteiger partial charge on any atom is 0.0143 e. The lowest BCUT2D eigenvalue weighted by Gasteiger charge is -2.13. The molecule has 0 saturated carbocycles. The highest BCUT2D eigenvalue weighted by molar-refractivity contribution is 5.24. The van der Waals surface area contributed by atoms with E-state index in [1.165, 1.54) is 67.3 Å². The van der Waals surface area contributed by atoms with Gasteiger partial charge < -0.3 is 11.1 Å². The zero-order chi connectivity index (χ0) is 23.2. The van der Waals surface area contributed by atoms with Gasteiger partial charge in [-0.2, -0.15) is 0 Å². The van der Waals surface area contributed by atoms with Crippen LogP contribution in [-0.2, 0) is 0 Å². The highest BCUT2D eigenvalue weighted by Gasteiger charge is 2.06. The Bertz CT molecular complexity index is 528. The fourth-order valence-corrected chi connectivity index (χ4v) is 3.15. The van der Waals surface area contributed by atoms with E-state index in [9.17, 15) is 0 Å². The maximum atomic E-state index is 5.57. The number of unbranched alkanes of at least 4 members (excludes halogenated alkanes) is 2. The van der Waals surface area contributed by atoms with Crippen molar-refractivity contribution in [3.05, 3.63) is 59.3 Å². The molecule has 2 heteroatoms. The normalized spacial score (nSPS) is 11.5. The molecule has 0 aliphatic carbocycles. The second kappa shape index (κ2) is 22.2. The largest absolute Gasteiger partial charge is 0.389 e. The Kier molecular flexibility index (Phi) is 22.6. The number of hydrogen-bond acceptors (Lipinski definition) is 2. The van der Waals surface area contributed by atoms with Crippen LogP contribution in [0, 0.1) is 6.92 Å². The molecule has 1 rings (SSSR count). The van der Waals surface area contributed by atoms with Crippen LogP contribution in [0.3, 0.4) is 0 Å². The smallest absolute Gasteiger partial charge is 0.0143 e. The van der Waals surface area contributed by atoms with E-state index in [1.807, 2.05) is 13.8 Å². The molecule has 1 atom stereocenters. The Morgan fingerprint density at radius 1 is 1.07 bits per heavy atom. The highest BCUT2D eigenvalue weighted by Crippen LogP contribution is 2.22. The standard InChI is InChI=1S/C14H27N.C12H19N.C2H6/c1-5-7-11-14(6-2)15-12-9-8-10-13(3)4;1-3-11(8-9-13)12-6-4-10(2)5-7-12;1-2/h6,15H,3,5,7-12H2,1-2,4H3;4-7,11H,3,8-9,13H2,1-2H3;1-2H3/b14-6-;;. The molecule has 174 valence electrons. The van der Waals surface area contributed by atoms with Crippen LogP contribution < -0.4 is 11.1 Å². The van der Waals surface area contributed by atoms with Crippen LogP contribution in [0.1, 0.15) is 110 Å². The molecule has 0 saturated heterocycles. The van der Waals surface area contributed by atoms with Crippen LogP contribution in [0.15, 0.2) is 48.2 Å². The second-order valence-electron chi connectivity index (χ2n) is 7.85. The van der Waals surface area contributed by atoms with Crippen molar-refractivity contribution in [1.29, 1.82) is 0 Å². The minimum atomic E-state index is 0.644. The van der Waals surface area contributed by atoms with E-state index in [4.69, 9.17) is 5.73 Å². The van der Waals surface area contributed by atoms with Gasteiger partial charge in [0.25, 0.3) is 0 Å². The molecule has 0 heterocycles. The first-order valence-corrected chi connectivity index (χ1v) is 12.3. The first-order chi connectivity index (χ1) is 14.5. The van der Waals surface area contributed by atoms with Crippen molar-refractivity contribution < 1.29 is 0 Å². The van der Waals surface area contributed by atoms with Gasteiger partial charge >= 0.3 is 0 Å². The summed E-state index contributed by atoms with van der Waals surface area (Å²) in [5.41, 5.74) is 11.0. The molecule has 0 amide bonds. The van der Waals surface area contributed by atoms with Crippen molar-refractivity contribution in [2.75, 3.05) is 13.1 Å². The molecule has 0 fully saturated rings. The fraction of sp³-hybridized carbons (Fsp3) is 0.643. The number of hydrogen-bond donors (Lipinski definition) is 2. The Morgan fingerprint density at radius 3 is 2.17 bits per heavy atom. The summed E-state index contributed by atoms with van der Waals surface area (Å²) in [6.45, 7) is 20.6. The van der Waals surface area contributed by atoms with Gasteiger partial charge in [-0.15, -0.1) is 6.58 Å². The van der Waals surface area contributed by atoms with Gasteiger partial charge in [0.1, 0.15) is 0 Å². The first kappa shape index (κ1) is 30.7. The molecule has 3 N–H and O–H groups in total. The van der Waals surface area contributed by atoms with Gasteiger partial charge in [0.15, 0.2) is 0 Å². The molecule has 0 spiro atoms. The molecule has 0 bridgehead atoms. The average molecular weight is 417 g/mol. The third kappa shape index (κ3) is 17.3. The number of nitrogens with one attached hydrogen (secondary N) is 1. The van der Waals surface area contributed by atoms with Crippen LogP contribution in [0.2, 0.25) is 0 Å². The van der Waals surface area contributed by atoms with Gasteiger partial charge in [-0.05, 0) is 83.7 Å². The van der Waals surface area contributed by atoms with Crippen LogP contribution in [-0.4, -0.2) is 13.1 Å². The zero-order valence-electron chi connectivity index (χ0n) is 21.3. The van der Waals surface area contributed by atoms with E-state index in [2.05, 4.69) is 76.9 Å². The van der Waals surface area contributed by atoms with Gasteiger partial charge in [0, 0.05) is 12.2 Å². The summed E-state index contributed by atoms with van der Waals surface area (Å²) in [5.74, 6) is 0.644. The molecule has 30 heavy (non-hydrogen) atoms. The van der Waals surface area contributed by atoms with Crippen LogP contribution >= 0.6 is 0 Å². The average Bonchev–Trinajstić information content (AvgIpc) is 2.76. The van der Waals surface area contributed by atoms with Gasteiger partial charge in [0.05, 0.1) is 0 Å². The van der Waals surface area contributed by atoms with Gasteiger partial charge in [-0.3, -0.25) is 0 Å². The lowest BCUT2D eigenvalue weighted by atomic mass is 9.93. The first-order valence-electron chi connectivity index (χ1n) is 12.3. The molecule has 2 nitrogen and oxygen atoms in total. The van der Waals surface area contributed by atoms with Crippen molar-refractivity contribution in [3.63, 3.8) is 0 Å². The maximum absolute atomic E-state index is 5.57. The minimum Gasteiger partial charge on any atom is -0.389 e. The topological polar surface area (TPSA) is 38.0 Å². The predicted molar refractivity (Wildman–Crippen MR) is 139 cm³/mol. The number of benzene rings is 1. The molecule has 0 aliphatic rings. The molecule has 0 aromatic heterocycles. The molecule has 0 radical (unpaired) electrons. The lowest BCUT2D eigenvalue weighted by Crippen LogP contribution is -2.14. The Morgan fingerprint density at radius 2 is 1.70 bits per heavy atom. The monoisotopic (exact) mass is 416 g/mol. The SMILES string of the molecule is C=C(C)CCCCN/C(=C\C)CCCC.CC.CCC(CCN)c1ccc(C)cc1. The van der Waals surface area contributed by atoms with Crippen molar-refractivity contribution in [2.24, 2.45) is 5.73 Å². The van der Waals surface area contributed by atoms with Crippen molar-refractivity contribution in [3.8, 4) is 0 Å². The van der Waals surface area contributed by atoms with Crippen LogP contribution in [0.5, 0.6) is 0 Å². The quantitative estimate of drug-likeness (QED) is 0.251. The third-order valence-electron chi connectivity index (χ3n) is 5.09. The van der Waals surface area contributed by atoms with E-state index in [0.29, 0.717) is 5.92 Å². The van der Waals surface area contributed by atoms with E-state index in [0.717, 1.165) is 19.5 Å². The lowest BCUT2D eigenvalue weighted by molar-refractivity contribution is 0.614. The molecule has 0 aliphatic heterocycles. The van der Waals surface area contributed by atoms with Crippen LogP contribution in [0.25, 0.3) is 0 Å². The molecule has 1 aromatic rings. The number of rotatable bonds is 13. The van der Waals surface area contributed by atoms with Crippen molar-refractivity contribution in [1.82, 2.24) is 5.32 Å². The van der Waals surface area contributed by atoms with Crippen molar-refractivity contribution >= 4 is 0 Å². The summed E-state index contributed by atoms with van der Waals surface area (Å²) >= 11 is 0.